The van der Waals surface area contributed by atoms with Crippen LogP contribution in [0.1, 0.15) is 52.4 Å². The van der Waals surface area contributed by atoms with E-state index in [2.05, 4.69) is 17.1 Å². The fourth-order valence-corrected chi connectivity index (χ4v) is 4.47. The number of hydrogen-bond acceptors (Lipinski definition) is 5. The molecule has 1 saturated heterocycles. The molecule has 0 spiro atoms. The van der Waals surface area contributed by atoms with Gasteiger partial charge in [0.25, 0.3) is 0 Å². The van der Waals surface area contributed by atoms with E-state index in [0.717, 1.165) is 43.1 Å². The van der Waals surface area contributed by atoms with Crippen molar-refractivity contribution in [2.75, 3.05) is 37.9 Å². The summed E-state index contributed by atoms with van der Waals surface area (Å²) < 4.78 is 11.1. The standard InChI is InChI=1S/C21H35N3O2/c1-4-26-18-5-6-19(22)20(15-18)23-16-9-13-24(14-10-16)21(2)11-7-17(25-3)8-12-21/h5-6,15-17,23H,4,7-14,22H2,1-3H3/t17-,21-. The molecule has 26 heavy (non-hydrogen) atoms. The zero-order valence-corrected chi connectivity index (χ0v) is 16.6. The van der Waals surface area contributed by atoms with E-state index < -0.39 is 0 Å². The largest absolute Gasteiger partial charge is 0.494 e. The van der Waals surface area contributed by atoms with E-state index >= 15 is 0 Å². The first-order valence-electron chi connectivity index (χ1n) is 10.1. The summed E-state index contributed by atoms with van der Waals surface area (Å²) in [7, 11) is 1.84. The quantitative estimate of drug-likeness (QED) is 0.753. The predicted molar refractivity (Wildman–Crippen MR) is 108 cm³/mol. The van der Waals surface area contributed by atoms with E-state index in [-0.39, 0.29) is 0 Å². The molecule has 0 radical (unpaired) electrons. The second-order valence-electron chi connectivity index (χ2n) is 8.02. The molecule has 1 heterocycles. The van der Waals surface area contributed by atoms with Gasteiger partial charge in [-0.3, -0.25) is 4.90 Å². The third-order valence-corrected chi connectivity index (χ3v) is 6.30. The lowest BCUT2D eigenvalue weighted by Crippen LogP contribution is -2.53. The van der Waals surface area contributed by atoms with Gasteiger partial charge in [0.2, 0.25) is 0 Å². The Labute approximate surface area is 158 Å². The Hall–Kier alpha value is -1.46. The molecule has 3 rings (SSSR count). The van der Waals surface area contributed by atoms with E-state index in [0.29, 0.717) is 24.3 Å². The average molecular weight is 362 g/mol. The van der Waals surface area contributed by atoms with Gasteiger partial charge in [0.15, 0.2) is 0 Å². The molecule has 0 aromatic heterocycles. The number of ether oxygens (including phenoxy) is 2. The molecule has 2 fully saturated rings. The molecule has 1 aromatic carbocycles. The number of anilines is 2. The Bertz CT molecular complexity index is 577. The Kier molecular flexibility index (Phi) is 6.30. The molecule has 1 saturated carbocycles. The van der Waals surface area contributed by atoms with Crippen LogP contribution in [-0.4, -0.2) is 49.4 Å². The molecule has 5 nitrogen and oxygen atoms in total. The Balaban J connectivity index is 1.53. The third kappa shape index (κ3) is 4.44. The number of nitrogens with two attached hydrogens (primary N) is 1. The SMILES string of the molecule is CCOc1ccc(N)c(NC2CCN([C@]3(C)CC[C@@H](OC)CC3)CC2)c1. The van der Waals surface area contributed by atoms with E-state index in [9.17, 15) is 0 Å². The van der Waals surface area contributed by atoms with Crippen LogP contribution in [0.15, 0.2) is 18.2 Å². The highest BCUT2D eigenvalue weighted by molar-refractivity contribution is 5.68. The average Bonchev–Trinajstić information content (AvgIpc) is 2.66. The maximum atomic E-state index is 6.15. The van der Waals surface area contributed by atoms with E-state index in [1.165, 1.54) is 25.7 Å². The predicted octanol–water partition coefficient (Wildman–Crippen LogP) is 3.89. The molecule has 0 unspecified atom stereocenters. The van der Waals surface area contributed by atoms with Crippen molar-refractivity contribution in [3.8, 4) is 5.75 Å². The first-order valence-corrected chi connectivity index (χ1v) is 10.1. The van der Waals surface area contributed by atoms with Gasteiger partial charge in [-0.15, -0.1) is 0 Å². The van der Waals surface area contributed by atoms with Crippen LogP contribution >= 0.6 is 0 Å². The van der Waals surface area contributed by atoms with Crippen molar-refractivity contribution in [3.05, 3.63) is 18.2 Å². The zero-order valence-electron chi connectivity index (χ0n) is 16.6. The van der Waals surface area contributed by atoms with Crippen LogP contribution in [0, 0.1) is 0 Å². The van der Waals surface area contributed by atoms with Gasteiger partial charge >= 0.3 is 0 Å². The molecule has 0 amide bonds. The first kappa shape index (κ1) is 19.3. The topological polar surface area (TPSA) is 59.8 Å². The summed E-state index contributed by atoms with van der Waals surface area (Å²) in [4.78, 5) is 2.71. The molecule has 5 heteroatoms. The van der Waals surface area contributed by atoms with Gasteiger partial charge in [-0.2, -0.15) is 0 Å². The molecule has 0 atom stereocenters. The Morgan fingerprint density at radius 3 is 2.50 bits per heavy atom. The number of benzene rings is 1. The molecule has 3 N–H and O–H groups in total. The molecular weight excluding hydrogens is 326 g/mol. The van der Waals surface area contributed by atoms with Crippen molar-refractivity contribution in [1.29, 1.82) is 0 Å². The van der Waals surface area contributed by atoms with Crippen molar-refractivity contribution in [2.45, 2.75) is 70.1 Å². The molecule has 1 aliphatic heterocycles. The monoisotopic (exact) mass is 361 g/mol. The minimum Gasteiger partial charge on any atom is -0.494 e. The normalized spacial score (nSPS) is 28.0. The number of piperidine rings is 1. The van der Waals surface area contributed by atoms with Gasteiger partial charge in [0.05, 0.1) is 24.1 Å². The van der Waals surface area contributed by atoms with Crippen LogP contribution < -0.4 is 15.8 Å². The highest BCUT2D eigenvalue weighted by atomic mass is 16.5. The molecule has 1 aliphatic carbocycles. The van der Waals surface area contributed by atoms with Gasteiger partial charge in [-0.1, -0.05) is 0 Å². The third-order valence-electron chi connectivity index (χ3n) is 6.30. The van der Waals surface area contributed by atoms with Gasteiger partial charge in [-0.25, -0.2) is 0 Å². The molecule has 2 aliphatic rings. The second-order valence-corrected chi connectivity index (χ2v) is 8.02. The summed E-state index contributed by atoms with van der Waals surface area (Å²) in [5, 5.41) is 3.65. The lowest BCUT2D eigenvalue weighted by atomic mass is 9.79. The number of nitrogens with zero attached hydrogens (tertiary/aromatic N) is 1. The van der Waals surface area contributed by atoms with E-state index in [1.54, 1.807) is 0 Å². The molecule has 1 aromatic rings. The highest BCUT2D eigenvalue weighted by Gasteiger charge is 2.37. The number of rotatable bonds is 6. The van der Waals surface area contributed by atoms with Crippen molar-refractivity contribution in [2.24, 2.45) is 0 Å². The first-order chi connectivity index (χ1) is 12.5. The number of nitrogens with one attached hydrogen (secondary N) is 1. The lowest BCUT2D eigenvalue weighted by Gasteiger charge is -2.48. The van der Waals surface area contributed by atoms with Crippen LogP contribution in [0.5, 0.6) is 5.75 Å². The summed E-state index contributed by atoms with van der Waals surface area (Å²) in [5.41, 5.74) is 8.29. The van der Waals surface area contributed by atoms with Crippen molar-refractivity contribution >= 4 is 11.4 Å². The van der Waals surface area contributed by atoms with Crippen LogP contribution in [0.3, 0.4) is 0 Å². The van der Waals surface area contributed by atoms with Crippen LogP contribution in [0.25, 0.3) is 0 Å². The van der Waals surface area contributed by atoms with Crippen molar-refractivity contribution < 1.29 is 9.47 Å². The van der Waals surface area contributed by atoms with Crippen LogP contribution in [0.4, 0.5) is 11.4 Å². The van der Waals surface area contributed by atoms with Gasteiger partial charge < -0.3 is 20.5 Å². The summed E-state index contributed by atoms with van der Waals surface area (Å²) in [6, 6.07) is 6.37. The molecule has 146 valence electrons. The minimum atomic E-state index is 0.341. The van der Waals surface area contributed by atoms with Crippen LogP contribution in [-0.2, 0) is 4.74 Å². The number of likely N-dealkylation sites (tertiary alicyclic amines) is 1. The Morgan fingerprint density at radius 1 is 1.19 bits per heavy atom. The second kappa shape index (κ2) is 8.49. The maximum Gasteiger partial charge on any atom is 0.121 e. The summed E-state index contributed by atoms with van der Waals surface area (Å²) in [6.45, 7) is 7.41. The lowest BCUT2D eigenvalue weighted by molar-refractivity contribution is -0.0105. The fraction of sp³-hybridized carbons (Fsp3) is 0.714. The molecule has 0 bridgehead atoms. The van der Waals surface area contributed by atoms with E-state index in [4.69, 9.17) is 15.2 Å². The number of methoxy groups -OCH3 is 1. The maximum absolute atomic E-state index is 6.15. The molecular formula is C21H35N3O2. The minimum absolute atomic E-state index is 0.341. The van der Waals surface area contributed by atoms with Crippen LogP contribution in [0.2, 0.25) is 0 Å². The summed E-state index contributed by atoms with van der Waals surface area (Å²) >= 11 is 0. The zero-order chi connectivity index (χ0) is 18.6. The van der Waals surface area contributed by atoms with Crippen molar-refractivity contribution in [3.63, 3.8) is 0 Å². The smallest absolute Gasteiger partial charge is 0.121 e. The number of nitrogen functional groups attached to an aromatic ring is 1. The Morgan fingerprint density at radius 2 is 1.88 bits per heavy atom. The number of hydrogen-bond donors (Lipinski definition) is 2. The fourth-order valence-electron chi connectivity index (χ4n) is 4.47. The van der Waals surface area contributed by atoms with E-state index in [1.807, 2.05) is 32.2 Å². The van der Waals surface area contributed by atoms with Gasteiger partial charge in [0, 0.05) is 37.8 Å². The van der Waals surface area contributed by atoms with Gasteiger partial charge in [0.1, 0.15) is 5.75 Å². The summed E-state index contributed by atoms with van der Waals surface area (Å²) in [6.07, 6.45) is 7.63. The highest BCUT2D eigenvalue weighted by Crippen LogP contribution is 2.36. The van der Waals surface area contributed by atoms with Crippen molar-refractivity contribution in [1.82, 2.24) is 4.90 Å². The summed E-state index contributed by atoms with van der Waals surface area (Å²) in [5.74, 6) is 0.879. The van der Waals surface area contributed by atoms with Gasteiger partial charge in [-0.05, 0) is 64.5 Å².